The fourth-order valence-electron chi connectivity index (χ4n) is 2.53. The topological polar surface area (TPSA) is 49.4 Å². The van der Waals surface area contributed by atoms with Crippen LogP contribution in [0.1, 0.15) is 36.7 Å². The van der Waals surface area contributed by atoms with Crippen LogP contribution in [0.2, 0.25) is 0 Å². The van der Waals surface area contributed by atoms with Gasteiger partial charge in [-0.2, -0.15) is 0 Å². The van der Waals surface area contributed by atoms with Crippen LogP contribution in [0.25, 0.3) is 0 Å². The Morgan fingerprint density at radius 3 is 2.55 bits per heavy atom. The fraction of sp³-hybridized carbons (Fsp3) is 0.500. The van der Waals surface area contributed by atoms with Crippen molar-refractivity contribution in [2.45, 2.75) is 33.7 Å². The molecule has 1 atom stereocenters. The molecule has 1 aromatic carbocycles. The summed E-state index contributed by atoms with van der Waals surface area (Å²) < 4.78 is 0. The Morgan fingerprint density at radius 1 is 1.20 bits per heavy atom. The van der Waals surface area contributed by atoms with E-state index in [1.54, 1.807) is 11.0 Å². The van der Waals surface area contributed by atoms with Crippen molar-refractivity contribution in [1.29, 1.82) is 0 Å². The van der Waals surface area contributed by atoms with E-state index in [1.807, 2.05) is 19.1 Å². The molecule has 0 fully saturated rings. The summed E-state index contributed by atoms with van der Waals surface area (Å²) in [7, 11) is 0. The van der Waals surface area contributed by atoms with E-state index in [-0.39, 0.29) is 5.78 Å². The molecule has 0 aromatic heterocycles. The Morgan fingerprint density at radius 2 is 1.90 bits per heavy atom. The Bertz CT molecular complexity index is 537. The van der Waals surface area contributed by atoms with Gasteiger partial charge < -0.3 is 10.2 Å². The van der Waals surface area contributed by atoms with Crippen molar-refractivity contribution in [3.05, 3.63) is 29.3 Å². The number of nitrogens with zero attached hydrogens (tertiary/aromatic N) is 1. The first-order valence-electron chi connectivity index (χ1n) is 7.11. The Hall–Kier alpha value is -1.68. The lowest BCUT2D eigenvalue weighted by Gasteiger charge is -2.23. The number of para-hydroxylation sites is 1. The molecule has 2 rings (SSSR count). The number of fused-ring (bicyclic) bond motifs is 1. The lowest BCUT2D eigenvalue weighted by atomic mass is 10.1. The van der Waals surface area contributed by atoms with Crippen LogP contribution in [0.15, 0.2) is 18.2 Å². The number of Topliss-reactive ketones (excluding diaryl/α,β-unsaturated/α-hetero) is 1. The zero-order chi connectivity index (χ0) is 14.9. The van der Waals surface area contributed by atoms with Crippen molar-refractivity contribution in [2.75, 3.05) is 18.0 Å². The van der Waals surface area contributed by atoms with Crippen molar-refractivity contribution in [2.24, 2.45) is 5.92 Å². The minimum Gasteiger partial charge on any atom is -0.314 e. The molecular weight excluding hydrogens is 252 g/mol. The molecule has 1 aliphatic heterocycles. The van der Waals surface area contributed by atoms with Gasteiger partial charge in [0.05, 0.1) is 11.3 Å². The van der Waals surface area contributed by atoms with Crippen molar-refractivity contribution >= 4 is 17.4 Å². The molecule has 0 saturated carbocycles. The van der Waals surface area contributed by atoms with Crippen LogP contribution < -0.4 is 10.2 Å². The van der Waals surface area contributed by atoms with Crippen LogP contribution in [-0.4, -0.2) is 30.8 Å². The van der Waals surface area contributed by atoms with Gasteiger partial charge in [-0.3, -0.25) is 9.59 Å². The molecule has 0 aliphatic carbocycles. The van der Waals surface area contributed by atoms with Gasteiger partial charge in [-0.25, -0.2) is 0 Å². The molecule has 0 spiro atoms. The zero-order valence-electron chi connectivity index (χ0n) is 12.6. The second-order valence-electron chi connectivity index (χ2n) is 5.88. The number of carbonyl (C=O) groups is 2. The summed E-state index contributed by atoms with van der Waals surface area (Å²) in [5.41, 5.74) is 2.31. The number of benzene rings is 1. The number of carbonyl (C=O) groups excluding carboxylic acids is 2. The van der Waals surface area contributed by atoms with E-state index in [4.69, 9.17) is 0 Å². The molecule has 4 nitrogen and oxygen atoms in total. The Kier molecular flexibility index (Phi) is 4.23. The standard InChI is InChI=1S/C16H22N2O2/c1-10(2)17-8-11(3)9-18-14-12(4)6-5-7-13(14)15(19)16(18)20/h5-7,10-11,17H,8-9H2,1-4H3. The van der Waals surface area contributed by atoms with Crippen LogP contribution in [0.4, 0.5) is 5.69 Å². The maximum Gasteiger partial charge on any atom is 0.299 e. The smallest absolute Gasteiger partial charge is 0.299 e. The van der Waals surface area contributed by atoms with Crippen molar-refractivity contribution in [1.82, 2.24) is 5.32 Å². The molecule has 1 N–H and O–H groups in total. The molecule has 4 heteroatoms. The van der Waals surface area contributed by atoms with Crippen molar-refractivity contribution in [3.8, 4) is 0 Å². The van der Waals surface area contributed by atoms with Gasteiger partial charge >= 0.3 is 0 Å². The van der Waals surface area contributed by atoms with Crippen LogP contribution in [0.5, 0.6) is 0 Å². The predicted molar refractivity (Wildman–Crippen MR) is 80.2 cm³/mol. The minimum atomic E-state index is -0.398. The average molecular weight is 274 g/mol. The molecule has 1 aliphatic rings. The molecule has 1 heterocycles. The molecule has 0 radical (unpaired) electrons. The highest BCUT2D eigenvalue weighted by molar-refractivity contribution is 6.52. The summed E-state index contributed by atoms with van der Waals surface area (Å²) >= 11 is 0. The third kappa shape index (κ3) is 2.75. The summed E-state index contributed by atoms with van der Waals surface area (Å²) in [5, 5.41) is 3.36. The molecule has 108 valence electrons. The van der Waals surface area contributed by atoms with Gasteiger partial charge in [-0.05, 0) is 31.0 Å². The highest BCUT2D eigenvalue weighted by Gasteiger charge is 2.37. The Balaban J connectivity index is 2.17. The van der Waals surface area contributed by atoms with E-state index in [0.717, 1.165) is 17.8 Å². The van der Waals surface area contributed by atoms with Gasteiger partial charge in [0.1, 0.15) is 0 Å². The lowest BCUT2D eigenvalue weighted by Crippen LogP contribution is -2.38. The second-order valence-corrected chi connectivity index (χ2v) is 5.88. The van der Waals surface area contributed by atoms with Crippen LogP contribution in [0.3, 0.4) is 0 Å². The molecule has 1 unspecified atom stereocenters. The highest BCUT2D eigenvalue weighted by Crippen LogP contribution is 2.32. The van der Waals surface area contributed by atoms with Gasteiger partial charge in [0.15, 0.2) is 0 Å². The van der Waals surface area contributed by atoms with Crippen LogP contribution >= 0.6 is 0 Å². The van der Waals surface area contributed by atoms with Gasteiger partial charge in [0.2, 0.25) is 0 Å². The number of aryl methyl sites for hydroxylation is 1. The number of ketones is 1. The van der Waals surface area contributed by atoms with E-state index in [0.29, 0.717) is 24.1 Å². The third-order valence-electron chi connectivity index (χ3n) is 3.56. The largest absolute Gasteiger partial charge is 0.314 e. The van der Waals surface area contributed by atoms with E-state index < -0.39 is 5.91 Å². The summed E-state index contributed by atoms with van der Waals surface area (Å²) in [5.74, 6) is -0.488. The molecule has 20 heavy (non-hydrogen) atoms. The minimum absolute atomic E-state index is 0.291. The van der Waals surface area contributed by atoms with Crippen LogP contribution in [-0.2, 0) is 4.79 Å². The van der Waals surface area contributed by atoms with Gasteiger partial charge in [-0.15, -0.1) is 0 Å². The van der Waals surface area contributed by atoms with Crippen molar-refractivity contribution in [3.63, 3.8) is 0 Å². The first kappa shape index (κ1) is 14.7. The SMILES string of the molecule is Cc1cccc2c1N(CC(C)CNC(C)C)C(=O)C2=O. The molecule has 0 bridgehead atoms. The number of hydrogen-bond acceptors (Lipinski definition) is 3. The first-order chi connectivity index (χ1) is 9.41. The number of nitrogens with one attached hydrogen (secondary N) is 1. The maximum atomic E-state index is 12.1. The van der Waals surface area contributed by atoms with Crippen LogP contribution in [0, 0.1) is 12.8 Å². The van der Waals surface area contributed by atoms with E-state index in [1.165, 1.54) is 0 Å². The van der Waals surface area contributed by atoms with E-state index in [2.05, 4.69) is 26.1 Å². The lowest BCUT2D eigenvalue weighted by molar-refractivity contribution is -0.114. The van der Waals surface area contributed by atoms with Gasteiger partial charge in [0.25, 0.3) is 11.7 Å². The number of anilines is 1. The number of rotatable bonds is 5. The molecular formula is C16H22N2O2. The maximum absolute atomic E-state index is 12.1. The van der Waals surface area contributed by atoms with E-state index >= 15 is 0 Å². The average Bonchev–Trinajstić information content (AvgIpc) is 2.63. The number of amides is 1. The summed E-state index contributed by atoms with van der Waals surface area (Å²) in [6.07, 6.45) is 0. The normalized spacial score (nSPS) is 15.9. The summed E-state index contributed by atoms with van der Waals surface area (Å²) in [4.78, 5) is 25.8. The number of hydrogen-bond donors (Lipinski definition) is 1. The monoisotopic (exact) mass is 274 g/mol. The quantitative estimate of drug-likeness (QED) is 0.837. The van der Waals surface area contributed by atoms with Gasteiger partial charge in [0, 0.05) is 12.6 Å². The molecule has 1 amide bonds. The first-order valence-corrected chi connectivity index (χ1v) is 7.11. The van der Waals surface area contributed by atoms with E-state index in [9.17, 15) is 9.59 Å². The Labute approximate surface area is 120 Å². The summed E-state index contributed by atoms with van der Waals surface area (Å²) in [6, 6.07) is 5.92. The second kappa shape index (κ2) is 5.75. The summed E-state index contributed by atoms with van der Waals surface area (Å²) in [6.45, 7) is 9.62. The zero-order valence-corrected chi connectivity index (χ0v) is 12.6. The van der Waals surface area contributed by atoms with Gasteiger partial charge in [-0.1, -0.05) is 32.9 Å². The molecule has 0 saturated heterocycles. The fourth-order valence-corrected chi connectivity index (χ4v) is 2.53. The van der Waals surface area contributed by atoms with Crippen molar-refractivity contribution < 1.29 is 9.59 Å². The highest BCUT2D eigenvalue weighted by atomic mass is 16.2. The predicted octanol–water partition coefficient (Wildman–Crippen LogP) is 2.16. The molecule has 1 aromatic rings. The third-order valence-corrected chi connectivity index (χ3v) is 3.56.